The minimum absolute atomic E-state index is 0.720. The smallest absolute Gasteiger partial charge is 0.128 e. The van der Waals surface area contributed by atoms with Crippen LogP contribution in [0.1, 0.15) is 38.3 Å². The first kappa shape index (κ1) is 14.6. The van der Waals surface area contributed by atoms with E-state index in [2.05, 4.69) is 17.1 Å². The van der Waals surface area contributed by atoms with Crippen LogP contribution in [0.5, 0.6) is 0 Å². The zero-order valence-electron chi connectivity index (χ0n) is 12.0. The van der Waals surface area contributed by atoms with Gasteiger partial charge in [0.05, 0.1) is 10.7 Å². The fraction of sp³-hybridized carbons (Fsp3) is 0.667. The number of rotatable bonds is 4. The molecule has 106 valence electrons. The Morgan fingerprint density at radius 2 is 2.21 bits per heavy atom. The summed E-state index contributed by atoms with van der Waals surface area (Å²) in [6.45, 7) is 5.25. The van der Waals surface area contributed by atoms with Crippen molar-refractivity contribution in [3.05, 3.63) is 22.8 Å². The zero-order valence-corrected chi connectivity index (χ0v) is 12.7. The van der Waals surface area contributed by atoms with Crippen molar-refractivity contribution in [1.29, 1.82) is 0 Å². The van der Waals surface area contributed by atoms with E-state index in [9.17, 15) is 0 Å². The molecule has 19 heavy (non-hydrogen) atoms. The van der Waals surface area contributed by atoms with E-state index in [0.29, 0.717) is 0 Å². The summed E-state index contributed by atoms with van der Waals surface area (Å²) in [6.07, 6.45) is 5.20. The quantitative estimate of drug-likeness (QED) is 0.916. The Hall–Kier alpha value is -0.800. The summed E-state index contributed by atoms with van der Waals surface area (Å²) in [5, 5.41) is 3.87. The van der Waals surface area contributed by atoms with Crippen LogP contribution < -0.4 is 10.2 Å². The standard InChI is InChI=1S/C15H24ClN3/c1-3-12-5-4-9-19(10-8-12)15-7-6-13(16)14(18-15)11-17-2/h6-7,12,17H,3-5,8-11H2,1-2H3. The highest BCUT2D eigenvalue weighted by Crippen LogP contribution is 2.25. The summed E-state index contributed by atoms with van der Waals surface area (Å²) in [7, 11) is 1.92. The van der Waals surface area contributed by atoms with Gasteiger partial charge in [-0.3, -0.25) is 0 Å². The summed E-state index contributed by atoms with van der Waals surface area (Å²) < 4.78 is 0. The maximum Gasteiger partial charge on any atom is 0.128 e. The van der Waals surface area contributed by atoms with Crippen LogP contribution >= 0.6 is 11.6 Å². The van der Waals surface area contributed by atoms with E-state index < -0.39 is 0 Å². The molecule has 1 aromatic rings. The Labute approximate surface area is 121 Å². The van der Waals surface area contributed by atoms with Gasteiger partial charge in [-0.15, -0.1) is 0 Å². The van der Waals surface area contributed by atoms with Gasteiger partial charge in [0, 0.05) is 19.6 Å². The molecule has 1 fully saturated rings. The molecule has 0 spiro atoms. The van der Waals surface area contributed by atoms with Crippen LogP contribution in [-0.2, 0) is 6.54 Å². The van der Waals surface area contributed by atoms with Crippen LogP contribution in [0.3, 0.4) is 0 Å². The van der Waals surface area contributed by atoms with Gasteiger partial charge in [0.2, 0.25) is 0 Å². The molecule has 1 N–H and O–H groups in total. The highest BCUT2D eigenvalue weighted by Gasteiger charge is 2.17. The van der Waals surface area contributed by atoms with E-state index in [1.54, 1.807) is 0 Å². The highest BCUT2D eigenvalue weighted by molar-refractivity contribution is 6.31. The molecule has 0 saturated carbocycles. The van der Waals surface area contributed by atoms with Gasteiger partial charge < -0.3 is 10.2 Å². The monoisotopic (exact) mass is 281 g/mol. The van der Waals surface area contributed by atoms with Gasteiger partial charge in [-0.2, -0.15) is 0 Å². The van der Waals surface area contributed by atoms with Gasteiger partial charge in [-0.25, -0.2) is 4.98 Å². The van der Waals surface area contributed by atoms with Crippen LogP contribution in [0, 0.1) is 5.92 Å². The number of hydrogen-bond acceptors (Lipinski definition) is 3. The topological polar surface area (TPSA) is 28.2 Å². The van der Waals surface area contributed by atoms with Crippen LogP contribution in [0.2, 0.25) is 5.02 Å². The molecule has 0 bridgehead atoms. The van der Waals surface area contributed by atoms with E-state index in [0.717, 1.165) is 42.1 Å². The molecule has 1 saturated heterocycles. The van der Waals surface area contributed by atoms with Gasteiger partial charge in [-0.1, -0.05) is 24.9 Å². The van der Waals surface area contributed by atoms with Crippen molar-refractivity contribution in [3.8, 4) is 0 Å². The molecule has 1 aromatic heterocycles. The summed E-state index contributed by atoms with van der Waals surface area (Å²) in [6, 6.07) is 4.02. The predicted molar refractivity (Wildman–Crippen MR) is 81.9 cm³/mol. The largest absolute Gasteiger partial charge is 0.357 e. The number of aromatic nitrogens is 1. The van der Waals surface area contributed by atoms with E-state index in [1.165, 1.54) is 25.7 Å². The third-order valence-corrected chi connectivity index (χ3v) is 4.34. The second-order valence-corrected chi connectivity index (χ2v) is 5.73. The van der Waals surface area contributed by atoms with E-state index in [4.69, 9.17) is 16.6 Å². The molecule has 4 heteroatoms. The summed E-state index contributed by atoms with van der Waals surface area (Å²) >= 11 is 6.17. The summed E-state index contributed by atoms with van der Waals surface area (Å²) in [4.78, 5) is 7.12. The molecular weight excluding hydrogens is 258 g/mol. The highest BCUT2D eigenvalue weighted by atomic mass is 35.5. The first-order valence-electron chi connectivity index (χ1n) is 7.29. The lowest BCUT2D eigenvalue weighted by atomic mass is 9.98. The summed E-state index contributed by atoms with van der Waals surface area (Å²) in [5.41, 5.74) is 0.943. The van der Waals surface area contributed by atoms with Gasteiger partial charge in [0.25, 0.3) is 0 Å². The minimum atomic E-state index is 0.720. The lowest BCUT2D eigenvalue weighted by molar-refractivity contribution is 0.459. The molecule has 0 aliphatic carbocycles. The van der Waals surface area contributed by atoms with Gasteiger partial charge >= 0.3 is 0 Å². The third kappa shape index (κ3) is 3.83. The summed E-state index contributed by atoms with van der Waals surface area (Å²) in [5.74, 6) is 1.96. The van der Waals surface area contributed by atoms with Crippen molar-refractivity contribution in [2.24, 2.45) is 5.92 Å². The predicted octanol–water partition coefficient (Wildman–Crippen LogP) is 3.47. The fourth-order valence-corrected chi connectivity index (χ4v) is 2.92. The SMILES string of the molecule is CCC1CCCN(c2ccc(Cl)c(CNC)n2)CC1. The zero-order chi connectivity index (χ0) is 13.7. The molecule has 0 aromatic carbocycles. The van der Waals surface area contributed by atoms with E-state index >= 15 is 0 Å². The molecule has 0 radical (unpaired) electrons. The Balaban J connectivity index is 2.10. The van der Waals surface area contributed by atoms with Crippen LogP contribution in [0.25, 0.3) is 0 Å². The molecule has 1 unspecified atom stereocenters. The fourth-order valence-electron chi connectivity index (χ4n) is 2.74. The van der Waals surface area contributed by atoms with Crippen molar-refractivity contribution in [1.82, 2.24) is 10.3 Å². The van der Waals surface area contributed by atoms with Crippen molar-refractivity contribution in [2.75, 3.05) is 25.0 Å². The van der Waals surface area contributed by atoms with Gasteiger partial charge in [-0.05, 0) is 44.4 Å². The van der Waals surface area contributed by atoms with Gasteiger partial charge in [0.1, 0.15) is 5.82 Å². The van der Waals surface area contributed by atoms with E-state index in [1.807, 2.05) is 19.2 Å². The maximum atomic E-state index is 6.17. The molecule has 2 heterocycles. The third-order valence-electron chi connectivity index (χ3n) is 4.00. The Kier molecular flexibility index (Phi) is 5.46. The lowest BCUT2D eigenvalue weighted by Crippen LogP contribution is -2.25. The Morgan fingerprint density at radius 1 is 1.37 bits per heavy atom. The number of nitrogens with one attached hydrogen (secondary N) is 1. The lowest BCUT2D eigenvalue weighted by Gasteiger charge is -2.22. The van der Waals surface area contributed by atoms with Crippen molar-refractivity contribution < 1.29 is 0 Å². The average Bonchev–Trinajstić information content (AvgIpc) is 2.67. The number of anilines is 1. The number of nitrogens with zero attached hydrogens (tertiary/aromatic N) is 2. The van der Waals surface area contributed by atoms with Crippen molar-refractivity contribution in [3.63, 3.8) is 0 Å². The molecule has 1 aliphatic heterocycles. The molecular formula is C15H24ClN3. The first-order valence-corrected chi connectivity index (χ1v) is 7.67. The van der Waals surface area contributed by atoms with Crippen LogP contribution in [0.4, 0.5) is 5.82 Å². The second kappa shape index (κ2) is 7.11. The van der Waals surface area contributed by atoms with Crippen molar-refractivity contribution in [2.45, 2.75) is 39.2 Å². The van der Waals surface area contributed by atoms with E-state index in [-0.39, 0.29) is 0 Å². The number of hydrogen-bond donors (Lipinski definition) is 1. The molecule has 1 aliphatic rings. The van der Waals surface area contributed by atoms with Crippen LogP contribution in [-0.4, -0.2) is 25.1 Å². The van der Waals surface area contributed by atoms with Gasteiger partial charge in [0.15, 0.2) is 0 Å². The molecule has 1 atom stereocenters. The second-order valence-electron chi connectivity index (χ2n) is 5.32. The molecule has 2 rings (SSSR count). The minimum Gasteiger partial charge on any atom is -0.357 e. The Bertz CT molecular complexity index is 408. The maximum absolute atomic E-state index is 6.17. The number of halogens is 1. The molecule has 0 amide bonds. The van der Waals surface area contributed by atoms with Crippen molar-refractivity contribution >= 4 is 17.4 Å². The molecule has 3 nitrogen and oxygen atoms in total. The average molecular weight is 282 g/mol. The first-order chi connectivity index (χ1) is 9.24. The Morgan fingerprint density at radius 3 is 2.95 bits per heavy atom. The van der Waals surface area contributed by atoms with Crippen LogP contribution in [0.15, 0.2) is 12.1 Å². The normalized spacial score (nSPS) is 20.4. The number of pyridine rings is 1.